The highest BCUT2D eigenvalue weighted by Crippen LogP contribution is 2.08. The largest absolute Gasteiger partial charge is 0.529 e. The van der Waals surface area contributed by atoms with Crippen LogP contribution in [0.3, 0.4) is 0 Å². The van der Waals surface area contributed by atoms with Crippen LogP contribution >= 0.6 is 0 Å². The monoisotopic (exact) mass is 231 g/mol. The average Bonchev–Trinajstić information content (AvgIpc) is 2.18. The molecule has 0 aliphatic heterocycles. The van der Waals surface area contributed by atoms with Crippen LogP contribution in [-0.4, -0.2) is 29.8 Å². The molecule has 0 fully saturated rings. The Morgan fingerprint density at radius 2 is 1.56 bits per heavy atom. The number of hydrogen-bond acceptors (Lipinski definition) is 6. The lowest BCUT2D eigenvalue weighted by atomic mass is 10.1. The Hall–Kier alpha value is -1.79. The van der Waals surface area contributed by atoms with E-state index in [0.717, 1.165) is 12.8 Å². The molecule has 0 aromatic heterocycles. The van der Waals surface area contributed by atoms with Gasteiger partial charge in [-0.25, -0.2) is 9.69 Å². The van der Waals surface area contributed by atoms with Crippen molar-refractivity contribution < 1.29 is 29.3 Å². The number of amides is 3. The summed E-state index contributed by atoms with van der Waals surface area (Å²) in [6, 6.07) is 0. The Kier molecular flexibility index (Phi) is 5.91. The van der Waals surface area contributed by atoms with Crippen LogP contribution in [0, 0.1) is 5.92 Å². The molecule has 0 saturated carbocycles. The molecule has 0 N–H and O–H groups in total. The second-order valence-corrected chi connectivity index (χ2v) is 3.13. The highest BCUT2D eigenvalue weighted by molar-refractivity contribution is 6.01. The maximum Gasteiger partial charge on any atom is 0.420 e. The third-order valence-electron chi connectivity index (χ3n) is 2.14. The van der Waals surface area contributed by atoms with Gasteiger partial charge >= 0.3 is 6.09 Å². The zero-order valence-corrected chi connectivity index (χ0v) is 9.10. The van der Waals surface area contributed by atoms with E-state index in [2.05, 4.69) is 4.74 Å². The zero-order valence-electron chi connectivity index (χ0n) is 9.10. The van der Waals surface area contributed by atoms with E-state index < -0.39 is 23.2 Å². The highest BCUT2D eigenvalue weighted by atomic mass is 16.6. The maximum atomic E-state index is 11.0. The number of ether oxygens (including phenoxy) is 1. The molecule has 7 nitrogen and oxygen atoms in total. The number of nitrogens with zero attached hydrogens (tertiary/aromatic N) is 1. The molecule has 92 valence electrons. The van der Waals surface area contributed by atoms with Crippen molar-refractivity contribution in [3.63, 3.8) is 0 Å². The Balaban J connectivity index is 4.32. The molecule has 0 aromatic carbocycles. The Labute approximate surface area is 92.6 Å². The van der Waals surface area contributed by atoms with E-state index in [1.807, 2.05) is 13.8 Å². The zero-order chi connectivity index (χ0) is 12.7. The van der Waals surface area contributed by atoms with Gasteiger partial charge in [0, 0.05) is 0 Å². The standard InChI is InChI=1S/C9H15NO6/c1-3-6(4-2)5-16-9(15)10(7(11)12)8(13)14/h6H,3-5H2,1-2H3,(H,11,12)(H,13,14)/p-2. The number of carboxylic acid groups (broad SMARTS) is 2. The van der Waals surface area contributed by atoms with Gasteiger partial charge in [-0.2, -0.15) is 0 Å². The summed E-state index contributed by atoms with van der Waals surface area (Å²) in [6.45, 7) is 3.71. The van der Waals surface area contributed by atoms with Crippen LogP contribution in [0.1, 0.15) is 26.7 Å². The van der Waals surface area contributed by atoms with Crippen LogP contribution in [0.5, 0.6) is 0 Å². The Bertz CT molecular complexity index is 259. The molecule has 3 amide bonds. The first-order valence-corrected chi connectivity index (χ1v) is 4.82. The Morgan fingerprint density at radius 1 is 1.12 bits per heavy atom. The first-order chi connectivity index (χ1) is 7.43. The van der Waals surface area contributed by atoms with Gasteiger partial charge in [0.25, 0.3) is 0 Å². The predicted molar refractivity (Wildman–Crippen MR) is 48.1 cm³/mol. The maximum absolute atomic E-state index is 11.0. The minimum atomic E-state index is -2.19. The summed E-state index contributed by atoms with van der Waals surface area (Å²) in [5.74, 6) is 0.0642. The highest BCUT2D eigenvalue weighted by Gasteiger charge is 2.18. The third-order valence-corrected chi connectivity index (χ3v) is 2.14. The topological polar surface area (TPSA) is 110 Å². The molecule has 0 spiro atoms. The predicted octanol–water partition coefficient (Wildman–Crippen LogP) is -0.452. The van der Waals surface area contributed by atoms with Crippen molar-refractivity contribution >= 4 is 18.3 Å². The fraction of sp³-hybridized carbons (Fsp3) is 0.667. The van der Waals surface area contributed by atoms with E-state index in [1.54, 1.807) is 0 Å². The van der Waals surface area contributed by atoms with Gasteiger partial charge in [-0.15, -0.1) is 0 Å². The smallest absolute Gasteiger partial charge is 0.420 e. The summed E-state index contributed by atoms with van der Waals surface area (Å²) >= 11 is 0. The fourth-order valence-electron chi connectivity index (χ4n) is 1.00. The molecular formula is C9H13NO6-2. The molecule has 0 heterocycles. The molecule has 0 aliphatic rings. The average molecular weight is 231 g/mol. The molecule has 0 unspecified atom stereocenters. The second-order valence-electron chi connectivity index (χ2n) is 3.13. The third kappa shape index (κ3) is 4.16. The number of carbonyl (C=O) groups excluding carboxylic acids is 3. The Morgan fingerprint density at radius 3 is 1.88 bits per heavy atom. The van der Waals surface area contributed by atoms with Gasteiger partial charge < -0.3 is 24.5 Å². The van der Waals surface area contributed by atoms with Gasteiger partial charge in [0.2, 0.25) is 0 Å². The molecule has 0 rings (SSSR count). The van der Waals surface area contributed by atoms with Crippen LogP contribution in [0.15, 0.2) is 0 Å². The molecule has 0 atom stereocenters. The lowest BCUT2D eigenvalue weighted by molar-refractivity contribution is -0.286. The minimum Gasteiger partial charge on any atom is -0.529 e. The summed E-state index contributed by atoms with van der Waals surface area (Å²) in [6.07, 6.45) is -4.41. The van der Waals surface area contributed by atoms with E-state index in [-0.39, 0.29) is 12.5 Å². The number of hydrogen-bond donors (Lipinski definition) is 0. The summed E-state index contributed by atoms with van der Waals surface area (Å²) in [7, 11) is 0. The molecule has 0 aliphatic carbocycles. The van der Waals surface area contributed by atoms with Crippen LogP contribution in [0.25, 0.3) is 0 Å². The quantitative estimate of drug-likeness (QED) is 0.647. The van der Waals surface area contributed by atoms with Crippen LogP contribution in [-0.2, 0) is 4.74 Å². The summed E-state index contributed by atoms with van der Waals surface area (Å²) < 4.78 is 4.52. The van der Waals surface area contributed by atoms with Crippen LogP contribution < -0.4 is 10.2 Å². The first kappa shape index (κ1) is 14.2. The lowest BCUT2D eigenvalue weighted by Crippen LogP contribution is -2.54. The van der Waals surface area contributed by atoms with E-state index in [4.69, 9.17) is 0 Å². The van der Waals surface area contributed by atoms with Crippen molar-refractivity contribution in [1.29, 1.82) is 0 Å². The van der Waals surface area contributed by atoms with Crippen LogP contribution in [0.2, 0.25) is 0 Å². The molecule has 0 bridgehead atoms. The van der Waals surface area contributed by atoms with Gasteiger partial charge in [0.15, 0.2) is 12.2 Å². The lowest BCUT2D eigenvalue weighted by Gasteiger charge is -2.23. The number of carbonyl (C=O) groups is 3. The summed E-state index contributed by atoms with van der Waals surface area (Å²) in [5.41, 5.74) is 0. The molecule has 16 heavy (non-hydrogen) atoms. The summed E-state index contributed by atoms with van der Waals surface area (Å²) in [4.78, 5) is 30.9. The molecule has 7 heteroatoms. The van der Waals surface area contributed by atoms with Crippen LogP contribution in [0.4, 0.5) is 14.4 Å². The van der Waals surface area contributed by atoms with Crippen molar-refractivity contribution in [2.75, 3.05) is 6.61 Å². The fourth-order valence-corrected chi connectivity index (χ4v) is 1.00. The van der Waals surface area contributed by atoms with Crippen molar-refractivity contribution in [1.82, 2.24) is 4.90 Å². The normalized spacial score (nSPS) is 9.94. The SMILES string of the molecule is CCC(CC)COC(=O)N(C(=O)[O-])C(=O)[O-]. The molecule has 0 radical (unpaired) electrons. The van der Waals surface area contributed by atoms with Crippen molar-refractivity contribution in [3.8, 4) is 0 Å². The van der Waals surface area contributed by atoms with E-state index in [1.165, 1.54) is 0 Å². The van der Waals surface area contributed by atoms with Gasteiger partial charge in [0.05, 0.1) is 6.61 Å². The van der Waals surface area contributed by atoms with Crippen molar-refractivity contribution in [2.45, 2.75) is 26.7 Å². The van der Waals surface area contributed by atoms with Crippen molar-refractivity contribution in [2.24, 2.45) is 5.92 Å². The van der Waals surface area contributed by atoms with E-state index in [9.17, 15) is 24.6 Å². The van der Waals surface area contributed by atoms with E-state index in [0.29, 0.717) is 0 Å². The molecule has 0 aromatic rings. The number of imide groups is 3. The number of rotatable bonds is 4. The van der Waals surface area contributed by atoms with Gasteiger partial charge in [-0.05, 0) is 5.92 Å². The van der Waals surface area contributed by atoms with Gasteiger partial charge in [-0.3, -0.25) is 0 Å². The van der Waals surface area contributed by atoms with Crippen molar-refractivity contribution in [3.05, 3.63) is 0 Å². The summed E-state index contributed by atoms with van der Waals surface area (Å²) in [5, 5.41) is 20.5. The molecule has 0 saturated heterocycles. The first-order valence-electron chi connectivity index (χ1n) is 4.82. The molecular weight excluding hydrogens is 218 g/mol. The van der Waals surface area contributed by atoms with Gasteiger partial charge in [0.1, 0.15) is 0 Å². The second kappa shape index (κ2) is 6.65. The minimum absolute atomic E-state index is 0.0388. The van der Waals surface area contributed by atoms with E-state index >= 15 is 0 Å². The van der Waals surface area contributed by atoms with Gasteiger partial charge in [-0.1, -0.05) is 26.7 Å².